The third-order valence-corrected chi connectivity index (χ3v) is 3.68. The van der Waals surface area contributed by atoms with Crippen molar-refractivity contribution in [1.82, 2.24) is 4.98 Å². The highest BCUT2D eigenvalue weighted by Gasteiger charge is 2.11. The largest absolute Gasteiger partial charge is 0.478 e. The molecule has 0 spiro atoms. The van der Waals surface area contributed by atoms with E-state index in [0.717, 1.165) is 17.7 Å². The Morgan fingerprint density at radius 2 is 2.20 bits per heavy atom. The molecule has 0 saturated heterocycles. The first-order valence-corrected chi connectivity index (χ1v) is 7.06. The summed E-state index contributed by atoms with van der Waals surface area (Å²) in [4.78, 5) is 15.1. The van der Waals surface area contributed by atoms with Crippen molar-refractivity contribution in [1.29, 1.82) is 0 Å². The number of aromatic nitrogens is 1. The number of nitrogens with zero attached hydrogens (tertiary/aromatic N) is 1. The Morgan fingerprint density at radius 1 is 1.45 bits per heavy atom. The van der Waals surface area contributed by atoms with Crippen LogP contribution in [0.3, 0.4) is 0 Å². The van der Waals surface area contributed by atoms with E-state index < -0.39 is 5.97 Å². The Balaban J connectivity index is 2.38. The molecule has 0 unspecified atom stereocenters. The highest BCUT2D eigenvalue weighted by Crippen LogP contribution is 2.29. The first-order chi connectivity index (χ1) is 9.52. The Hall–Kier alpha value is -1.88. The summed E-state index contributed by atoms with van der Waals surface area (Å²) < 4.78 is 0.628. The lowest BCUT2D eigenvalue weighted by atomic mass is 10.1. The molecule has 5 heteroatoms. The van der Waals surface area contributed by atoms with Gasteiger partial charge in [-0.25, -0.2) is 9.78 Å². The van der Waals surface area contributed by atoms with Crippen LogP contribution in [0.2, 0.25) is 0 Å². The number of hydrogen-bond donors (Lipinski definition) is 2. The van der Waals surface area contributed by atoms with Gasteiger partial charge in [0.25, 0.3) is 0 Å². The van der Waals surface area contributed by atoms with Crippen molar-refractivity contribution in [2.75, 3.05) is 5.32 Å². The smallest absolute Gasteiger partial charge is 0.337 e. The van der Waals surface area contributed by atoms with Crippen LogP contribution in [0.1, 0.15) is 28.4 Å². The molecule has 20 heavy (non-hydrogen) atoms. The first-order valence-electron chi connectivity index (χ1n) is 6.27. The maximum absolute atomic E-state index is 10.9. The molecule has 0 aliphatic heterocycles. The van der Waals surface area contributed by atoms with Crippen molar-refractivity contribution in [2.45, 2.75) is 20.3 Å². The highest BCUT2D eigenvalue weighted by atomic mass is 79.9. The van der Waals surface area contributed by atoms with E-state index in [1.807, 2.05) is 19.1 Å². The minimum absolute atomic E-state index is 0.155. The summed E-state index contributed by atoms with van der Waals surface area (Å²) in [6, 6.07) is 7.66. The first kappa shape index (κ1) is 14.5. The molecule has 0 radical (unpaired) electrons. The van der Waals surface area contributed by atoms with Gasteiger partial charge in [-0.05, 0) is 46.5 Å². The topological polar surface area (TPSA) is 62.2 Å². The number of hydrogen-bond acceptors (Lipinski definition) is 3. The summed E-state index contributed by atoms with van der Waals surface area (Å²) in [5, 5.41) is 12.2. The normalized spacial score (nSPS) is 10.3. The monoisotopic (exact) mass is 334 g/mol. The average molecular weight is 335 g/mol. The molecule has 2 rings (SSSR count). The van der Waals surface area contributed by atoms with Crippen molar-refractivity contribution in [3.8, 4) is 0 Å². The van der Waals surface area contributed by atoms with Gasteiger partial charge in [-0.1, -0.05) is 25.1 Å². The number of aromatic carboxylic acids is 1. The van der Waals surface area contributed by atoms with Crippen LogP contribution in [0, 0.1) is 6.92 Å². The van der Waals surface area contributed by atoms with Crippen LogP contribution in [0.5, 0.6) is 0 Å². The van der Waals surface area contributed by atoms with Crippen LogP contribution in [0.4, 0.5) is 11.5 Å². The Kier molecular flexibility index (Phi) is 4.39. The predicted molar refractivity (Wildman–Crippen MR) is 82.7 cm³/mol. The van der Waals surface area contributed by atoms with Gasteiger partial charge in [0.15, 0.2) is 0 Å². The SMILES string of the molecule is CCc1cccc(C)c1Nc1ncc(C(=O)O)cc1Br. The number of rotatable bonds is 4. The van der Waals surface area contributed by atoms with Crippen molar-refractivity contribution in [3.63, 3.8) is 0 Å². The number of nitrogens with one attached hydrogen (secondary N) is 1. The zero-order chi connectivity index (χ0) is 14.7. The maximum Gasteiger partial charge on any atom is 0.337 e. The van der Waals surface area contributed by atoms with Crippen LogP contribution in [-0.2, 0) is 6.42 Å². The summed E-state index contributed by atoms with van der Waals surface area (Å²) in [5.41, 5.74) is 3.50. The molecule has 0 bridgehead atoms. The molecule has 1 aromatic carbocycles. The van der Waals surface area contributed by atoms with Crippen molar-refractivity contribution in [2.24, 2.45) is 0 Å². The quantitative estimate of drug-likeness (QED) is 0.881. The van der Waals surface area contributed by atoms with E-state index in [2.05, 4.69) is 39.2 Å². The van der Waals surface area contributed by atoms with Crippen LogP contribution in [0.15, 0.2) is 34.9 Å². The van der Waals surface area contributed by atoms with Crippen molar-refractivity contribution < 1.29 is 9.90 Å². The van der Waals surface area contributed by atoms with E-state index in [1.165, 1.54) is 11.8 Å². The van der Waals surface area contributed by atoms with Gasteiger partial charge < -0.3 is 10.4 Å². The number of carboxylic acid groups (broad SMARTS) is 1. The van der Waals surface area contributed by atoms with Gasteiger partial charge >= 0.3 is 5.97 Å². The Morgan fingerprint density at radius 3 is 2.80 bits per heavy atom. The fourth-order valence-electron chi connectivity index (χ4n) is 1.97. The molecule has 0 aliphatic carbocycles. The second-order valence-corrected chi connectivity index (χ2v) is 5.30. The molecule has 2 N–H and O–H groups in total. The van der Waals surface area contributed by atoms with E-state index in [9.17, 15) is 4.79 Å². The van der Waals surface area contributed by atoms with E-state index in [1.54, 1.807) is 6.07 Å². The van der Waals surface area contributed by atoms with Gasteiger partial charge in [-0.2, -0.15) is 0 Å². The Bertz CT molecular complexity index is 656. The molecule has 104 valence electrons. The van der Waals surface area contributed by atoms with E-state index >= 15 is 0 Å². The van der Waals surface area contributed by atoms with Gasteiger partial charge in [0.1, 0.15) is 5.82 Å². The summed E-state index contributed by atoms with van der Waals surface area (Å²) in [5.74, 6) is -0.381. The zero-order valence-corrected chi connectivity index (χ0v) is 12.9. The molecule has 0 aliphatic rings. The number of halogens is 1. The molecule has 0 fully saturated rings. The summed E-state index contributed by atoms with van der Waals surface area (Å²) >= 11 is 3.36. The van der Waals surface area contributed by atoms with E-state index in [0.29, 0.717) is 10.3 Å². The van der Waals surface area contributed by atoms with Gasteiger partial charge in [0.05, 0.1) is 10.0 Å². The van der Waals surface area contributed by atoms with Gasteiger partial charge in [-0.3, -0.25) is 0 Å². The highest BCUT2D eigenvalue weighted by molar-refractivity contribution is 9.10. The summed E-state index contributed by atoms with van der Waals surface area (Å²) in [6.45, 7) is 4.12. The number of pyridine rings is 1. The number of carbonyl (C=O) groups is 1. The van der Waals surface area contributed by atoms with E-state index in [4.69, 9.17) is 5.11 Å². The van der Waals surface area contributed by atoms with Gasteiger partial charge in [0.2, 0.25) is 0 Å². The number of para-hydroxylation sites is 1. The Labute approximate surface area is 126 Å². The van der Waals surface area contributed by atoms with Crippen LogP contribution >= 0.6 is 15.9 Å². The number of carboxylic acids is 1. The van der Waals surface area contributed by atoms with Crippen LogP contribution < -0.4 is 5.32 Å². The third kappa shape index (κ3) is 2.99. The molecule has 2 aromatic rings. The standard InChI is InChI=1S/C15H15BrN2O2/c1-3-10-6-4-5-9(2)13(10)18-14-12(16)7-11(8-17-14)15(19)20/h4-8H,3H2,1-2H3,(H,17,18)(H,19,20). The molecule has 1 aromatic heterocycles. The van der Waals surface area contributed by atoms with Crippen molar-refractivity contribution >= 4 is 33.4 Å². The lowest BCUT2D eigenvalue weighted by molar-refractivity contribution is 0.0696. The fraction of sp³-hybridized carbons (Fsp3) is 0.200. The maximum atomic E-state index is 10.9. The third-order valence-electron chi connectivity index (χ3n) is 3.07. The van der Waals surface area contributed by atoms with Crippen LogP contribution in [-0.4, -0.2) is 16.1 Å². The number of anilines is 2. The lowest BCUT2D eigenvalue weighted by Crippen LogP contribution is -2.03. The lowest BCUT2D eigenvalue weighted by Gasteiger charge is -2.14. The molecular formula is C15H15BrN2O2. The fourth-order valence-corrected chi connectivity index (χ4v) is 2.42. The number of aryl methyl sites for hydroxylation is 2. The average Bonchev–Trinajstić information content (AvgIpc) is 2.42. The van der Waals surface area contributed by atoms with Gasteiger partial charge in [-0.15, -0.1) is 0 Å². The summed E-state index contributed by atoms with van der Waals surface area (Å²) in [7, 11) is 0. The molecular weight excluding hydrogens is 320 g/mol. The minimum Gasteiger partial charge on any atom is -0.478 e. The zero-order valence-electron chi connectivity index (χ0n) is 11.3. The molecule has 0 saturated carbocycles. The minimum atomic E-state index is -0.991. The van der Waals surface area contributed by atoms with E-state index in [-0.39, 0.29) is 5.56 Å². The van der Waals surface area contributed by atoms with Crippen LogP contribution in [0.25, 0.3) is 0 Å². The summed E-state index contributed by atoms with van der Waals surface area (Å²) in [6.07, 6.45) is 2.26. The van der Waals surface area contributed by atoms with Crippen molar-refractivity contribution in [3.05, 3.63) is 51.6 Å². The second kappa shape index (κ2) is 6.05. The molecule has 1 heterocycles. The molecule has 0 atom stereocenters. The van der Waals surface area contributed by atoms with Gasteiger partial charge in [0, 0.05) is 11.9 Å². The molecule has 4 nitrogen and oxygen atoms in total. The molecule has 0 amide bonds. The second-order valence-electron chi connectivity index (χ2n) is 4.45. The number of benzene rings is 1. The predicted octanol–water partition coefficient (Wildman–Crippen LogP) is 4.16.